The van der Waals surface area contributed by atoms with Crippen molar-refractivity contribution in [3.8, 4) is 0 Å². The number of morpholine rings is 1. The van der Waals surface area contributed by atoms with E-state index in [1.54, 1.807) is 0 Å². The van der Waals surface area contributed by atoms with Crippen LogP contribution in [0.15, 0.2) is 53.5 Å². The van der Waals surface area contributed by atoms with E-state index >= 15 is 0 Å². The first kappa shape index (κ1) is 26.6. The van der Waals surface area contributed by atoms with Crippen molar-refractivity contribution in [1.29, 1.82) is 0 Å². The third-order valence-electron chi connectivity index (χ3n) is 5.15. The van der Waals surface area contributed by atoms with Gasteiger partial charge in [-0.25, -0.2) is 13.4 Å². The highest BCUT2D eigenvalue weighted by atomic mass is 127. The summed E-state index contributed by atoms with van der Waals surface area (Å²) in [7, 11) is -3.38. The third-order valence-corrected chi connectivity index (χ3v) is 6.98. The molecule has 9 heteroatoms. The van der Waals surface area contributed by atoms with Gasteiger partial charge < -0.3 is 15.4 Å². The summed E-state index contributed by atoms with van der Waals surface area (Å²) in [6, 6.07) is 16.0. The summed E-state index contributed by atoms with van der Waals surface area (Å²) in [5, 5.41) is 6.59. The molecule has 1 aliphatic rings. The number of rotatable bonds is 8. The van der Waals surface area contributed by atoms with E-state index in [1.165, 1.54) is 9.87 Å². The molecule has 0 atom stereocenters. The van der Waals surface area contributed by atoms with Gasteiger partial charge in [0.15, 0.2) is 5.96 Å². The summed E-state index contributed by atoms with van der Waals surface area (Å²) in [5.41, 5.74) is 4.11. The number of nitrogens with one attached hydrogen (secondary N) is 2. The molecule has 1 fully saturated rings. The van der Waals surface area contributed by atoms with E-state index in [0.717, 1.165) is 23.2 Å². The number of ether oxygens (including phenoxy) is 1. The highest BCUT2D eigenvalue weighted by Crippen LogP contribution is 2.16. The van der Waals surface area contributed by atoms with E-state index in [-0.39, 0.29) is 29.7 Å². The van der Waals surface area contributed by atoms with Gasteiger partial charge in [-0.05, 0) is 30.5 Å². The molecule has 0 spiro atoms. The average Bonchev–Trinajstić information content (AvgIpc) is 2.78. The standard InChI is InChI=1S/C23H32N4O3S.HI/c1-3-24-23(25-16-20-10-8-19(2)9-11-20)26-17-21-6-4-5-7-22(21)18-31(28,29)27-12-14-30-15-13-27;/h4-11H,3,12-18H2,1-2H3,(H2,24,25,26);1H. The largest absolute Gasteiger partial charge is 0.379 e. The average molecular weight is 573 g/mol. The smallest absolute Gasteiger partial charge is 0.218 e. The van der Waals surface area contributed by atoms with Crippen molar-refractivity contribution in [3.05, 3.63) is 70.8 Å². The van der Waals surface area contributed by atoms with Gasteiger partial charge in [-0.1, -0.05) is 54.1 Å². The maximum absolute atomic E-state index is 12.8. The SMILES string of the molecule is CCNC(=NCc1ccc(C)cc1)NCc1ccccc1CS(=O)(=O)N1CCOCC1.I. The highest BCUT2D eigenvalue weighted by Gasteiger charge is 2.25. The van der Waals surface area contributed by atoms with Crippen LogP contribution in [0.2, 0.25) is 0 Å². The normalized spacial score (nSPS) is 15.1. The van der Waals surface area contributed by atoms with Crippen LogP contribution in [0.5, 0.6) is 0 Å². The summed E-state index contributed by atoms with van der Waals surface area (Å²) >= 11 is 0. The molecular weight excluding hydrogens is 539 g/mol. The molecule has 1 saturated heterocycles. The first-order valence-electron chi connectivity index (χ1n) is 10.7. The number of nitrogens with zero attached hydrogens (tertiary/aromatic N) is 2. The van der Waals surface area contributed by atoms with Crippen LogP contribution in [-0.2, 0) is 33.6 Å². The fourth-order valence-electron chi connectivity index (χ4n) is 3.37. The molecule has 1 heterocycles. The van der Waals surface area contributed by atoms with Gasteiger partial charge in [0.2, 0.25) is 10.0 Å². The fourth-order valence-corrected chi connectivity index (χ4v) is 4.93. The lowest BCUT2D eigenvalue weighted by molar-refractivity contribution is 0.0729. The molecule has 7 nitrogen and oxygen atoms in total. The van der Waals surface area contributed by atoms with Gasteiger partial charge in [-0.3, -0.25) is 0 Å². The molecule has 0 aromatic heterocycles. The van der Waals surface area contributed by atoms with Crippen molar-refractivity contribution in [2.24, 2.45) is 4.99 Å². The zero-order valence-corrected chi connectivity index (χ0v) is 21.9. The van der Waals surface area contributed by atoms with Crippen molar-refractivity contribution >= 4 is 40.0 Å². The lowest BCUT2D eigenvalue weighted by Crippen LogP contribution is -2.41. The third kappa shape index (κ3) is 8.02. The summed E-state index contributed by atoms with van der Waals surface area (Å²) in [6.45, 7) is 7.63. The van der Waals surface area contributed by atoms with E-state index in [4.69, 9.17) is 4.74 Å². The monoisotopic (exact) mass is 572 g/mol. The topological polar surface area (TPSA) is 83.0 Å². The Morgan fingerprint density at radius 1 is 1.03 bits per heavy atom. The van der Waals surface area contributed by atoms with Crippen LogP contribution in [-0.4, -0.2) is 51.5 Å². The number of aryl methyl sites for hydroxylation is 1. The van der Waals surface area contributed by atoms with Crippen molar-refractivity contribution in [3.63, 3.8) is 0 Å². The number of hydrogen-bond acceptors (Lipinski definition) is 4. The van der Waals surface area contributed by atoms with Crippen molar-refractivity contribution in [2.75, 3.05) is 32.8 Å². The molecule has 1 aliphatic heterocycles. The van der Waals surface area contributed by atoms with Crippen LogP contribution < -0.4 is 10.6 Å². The van der Waals surface area contributed by atoms with Gasteiger partial charge in [-0.15, -0.1) is 24.0 Å². The molecule has 176 valence electrons. The molecule has 0 aliphatic carbocycles. The number of benzene rings is 2. The predicted octanol–water partition coefficient (Wildman–Crippen LogP) is 3.03. The zero-order chi connectivity index (χ0) is 22.1. The van der Waals surface area contributed by atoms with Crippen molar-refractivity contribution in [2.45, 2.75) is 32.7 Å². The Morgan fingerprint density at radius 3 is 2.34 bits per heavy atom. The number of guanidine groups is 1. The Morgan fingerprint density at radius 2 is 1.69 bits per heavy atom. The number of sulfonamides is 1. The second-order valence-electron chi connectivity index (χ2n) is 7.57. The predicted molar refractivity (Wildman–Crippen MR) is 140 cm³/mol. The van der Waals surface area contributed by atoms with E-state index in [0.29, 0.717) is 45.4 Å². The van der Waals surface area contributed by atoms with Crippen LogP contribution in [0.1, 0.15) is 29.2 Å². The summed E-state index contributed by atoms with van der Waals surface area (Å²) in [5.74, 6) is 0.691. The molecule has 3 rings (SSSR count). The van der Waals surface area contributed by atoms with Gasteiger partial charge in [-0.2, -0.15) is 4.31 Å². The van der Waals surface area contributed by atoms with Gasteiger partial charge in [0, 0.05) is 26.2 Å². The fraction of sp³-hybridized carbons (Fsp3) is 0.435. The molecule has 0 unspecified atom stereocenters. The van der Waals surface area contributed by atoms with Crippen molar-refractivity contribution in [1.82, 2.24) is 14.9 Å². The lowest BCUT2D eigenvalue weighted by Gasteiger charge is -2.26. The van der Waals surface area contributed by atoms with Gasteiger partial charge in [0.05, 0.1) is 25.5 Å². The minimum atomic E-state index is -3.38. The Labute approximate surface area is 208 Å². The second kappa shape index (κ2) is 13.1. The van der Waals surface area contributed by atoms with Gasteiger partial charge in [0.25, 0.3) is 0 Å². The molecule has 2 N–H and O–H groups in total. The molecule has 2 aromatic carbocycles. The molecule has 0 saturated carbocycles. The summed E-state index contributed by atoms with van der Waals surface area (Å²) in [4.78, 5) is 4.66. The van der Waals surface area contributed by atoms with E-state index in [9.17, 15) is 8.42 Å². The first-order valence-corrected chi connectivity index (χ1v) is 12.3. The maximum Gasteiger partial charge on any atom is 0.218 e. The second-order valence-corrected chi connectivity index (χ2v) is 9.54. The Hall–Kier alpha value is -1.69. The maximum atomic E-state index is 12.8. The highest BCUT2D eigenvalue weighted by molar-refractivity contribution is 14.0. The number of halogens is 1. The molecule has 0 bridgehead atoms. The molecule has 0 radical (unpaired) electrons. The lowest BCUT2D eigenvalue weighted by atomic mass is 10.1. The van der Waals surface area contributed by atoms with Crippen LogP contribution in [0.4, 0.5) is 0 Å². The van der Waals surface area contributed by atoms with Crippen LogP contribution in [0.3, 0.4) is 0 Å². The number of hydrogen-bond donors (Lipinski definition) is 2. The zero-order valence-electron chi connectivity index (χ0n) is 18.7. The molecule has 32 heavy (non-hydrogen) atoms. The quantitative estimate of drug-likeness (QED) is 0.289. The summed E-state index contributed by atoms with van der Waals surface area (Å²) in [6.07, 6.45) is 0. The van der Waals surface area contributed by atoms with Crippen molar-refractivity contribution < 1.29 is 13.2 Å². The van der Waals surface area contributed by atoms with E-state index < -0.39 is 10.0 Å². The molecule has 0 amide bonds. The van der Waals surface area contributed by atoms with Gasteiger partial charge >= 0.3 is 0 Å². The Kier molecular flexibility index (Phi) is 10.9. The van der Waals surface area contributed by atoms with Crippen LogP contribution in [0.25, 0.3) is 0 Å². The van der Waals surface area contributed by atoms with Gasteiger partial charge in [0.1, 0.15) is 0 Å². The Bertz CT molecular complexity index is 975. The number of aliphatic imine (C=N–C) groups is 1. The minimum Gasteiger partial charge on any atom is -0.379 e. The van der Waals surface area contributed by atoms with E-state index in [1.807, 2.05) is 31.2 Å². The first-order chi connectivity index (χ1) is 15.0. The van der Waals surface area contributed by atoms with Crippen LogP contribution >= 0.6 is 24.0 Å². The minimum absolute atomic E-state index is 0. The molecular formula is C23H33IN4O3S. The van der Waals surface area contributed by atoms with E-state index in [2.05, 4.69) is 46.8 Å². The summed E-state index contributed by atoms with van der Waals surface area (Å²) < 4.78 is 32.5. The molecule has 2 aromatic rings. The Balaban J connectivity index is 0.00000363. The van der Waals surface area contributed by atoms with Crippen LogP contribution in [0, 0.1) is 6.92 Å².